The van der Waals surface area contributed by atoms with E-state index in [1.165, 1.54) is 7.11 Å². The molecule has 0 spiro atoms. The maximum atomic E-state index is 11.3. The molecule has 0 saturated carbocycles. The molecule has 96 valence electrons. The molecule has 0 atom stereocenters. The van der Waals surface area contributed by atoms with Gasteiger partial charge in [-0.3, -0.25) is 4.79 Å². The highest BCUT2D eigenvalue weighted by molar-refractivity contribution is 7.99. The van der Waals surface area contributed by atoms with E-state index in [0.29, 0.717) is 5.56 Å². The molecule has 0 bridgehead atoms. The summed E-state index contributed by atoms with van der Waals surface area (Å²) in [6, 6.07) is 7.85. The van der Waals surface area contributed by atoms with Gasteiger partial charge in [0.25, 0.3) is 0 Å². The molecular weight excluding hydrogens is 248 g/mol. The highest BCUT2D eigenvalue weighted by atomic mass is 32.2. The Bertz CT molecular complexity index is 469. The Kier molecular flexibility index (Phi) is 5.53. The second-order valence-corrected chi connectivity index (χ2v) is 4.93. The van der Waals surface area contributed by atoms with E-state index in [0.717, 1.165) is 16.3 Å². The number of hydrogen-bond donors (Lipinski definition) is 0. The Morgan fingerprint density at radius 3 is 2.83 bits per heavy atom. The average Bonchev–Trinajstić information content (AvgIpc) is 2.38. The smallest absolute Gasteiger partial charge is 0.325 e. The molecule has 18 heavy (non-hydrogen) atoms. The lowest BCUT2D eigenvalue weighted by Crippen LogP contribution is -2.27. The van der Waals surface area contributed by atoms with Gasteiger partial charge in [0.05, 0.1) is 18.4 Å². The fraction of sp³-hybridized carbons (Fsp3) is 0.385. The van der Waals surface area contributed by atoms with Crippen molar-refractivity contribution in [2.75, 3.05) is 31.4 Å². The zero-order valence-corrected chi connectivity index (χ0v) is 11.6. The van der Waals surface area contributed by atoms with E-state index in [1.807, 2.05) is 25.1 Å². The number of carbonyl (C=O) groups excluding carboxylic acids is 1. The normalized spacial score (nSPS) is 9.67. The molecule has 1 aromatic rings. The van der Waals surface area contributed by atoms with Crippen LogP contribution in [-0.2, 0) is 9.53 Å². The Morgan fingerprint density at radius 1 is 1.56 bits per heavy atom. The summed E-state index contributed by atoms with van der Waals surface area (Å²) in [5.41, 5.74) is 1.36. The van der Waals surface area contributed by atoms with Crippen LogP contribution in [-0.4, -0.2) is 32.4 Å². The average molecular weight is 264 g/mol. The first-order chi connectivity index (χ1) is 8.63. The van der Waals surface area contributed by atoms with Crippen molar-refractivity contribution in [3.63, 3.8) is 0 Å². The molecular formula is C13H16N2O2S. The summed E-state index contributed by atoms with van der Waals surface area (Å²) < 4.78 is 4.62. The van der Waals surface area contributed by atoms with E-state index < -0.39 is 0 Å². The first kappa shape index (κ1) is 14.4. The van der Waals surface area contributed by atoms with E-state index in [2.05, 4.69) is 10.8 Å². The molecule has 0 aliphatic rings. The van der Waals surface area contributed by atoms with Gasteiger partial charge in [-0.15, -0.1) is 11.8 Å². The number of nitriles is 1. The maximum absolute atomic E-state index is 11.3. The molecule has 0 unspecified atom stereocenters. The summed E-state index contributed by atoms with van der Waals surface area (Å²) in [5, 5.41) is 9.26. The largest absolute Gasteiger partial charge is 0.468 e. The predicted molar refractivity (Wildman–Crippen MR) is 72.8 cm³/mol. The molecule has 0 fully saturated rings. The van der Waals surface area contributed by atoms with Crippen LogP contribution in [0.3, 0.4) is 0 Å². The Morgan fingerprint density at radius 2 is 2.28 bits per heavy atom. The van der Waals surface area contributed by atoms with Crippen LogP contribution in [0.25, 0.3) is 0 Å². The SMILES string of the molecule is CCSc1cccc(N(C)CC(=O)OC)c1C#N. The summed E-state index contributed by atoms with van der Waals surface area (Å²) in [4.78, 5) is 13.9. The topological polar surface area (TPSA) is 53.3 Å². The van der Waals surface area contributed by atoms with Crippen molar-refractivity contribution in [1.82, 2.24) is 0 Å². The van der Waals surface area contributed by atoms with Crippen molar-refractivity contribution in [1.29, 1.82) is 5.26 Å². The third-order valence-corrected chi connectivity index (χ3v) is 3.36. The standard InChI is InChI=1S/C13H16N2O2S/c1-4-18-12-7-5-6-11(10(12)8-14)15(2)9-13(16)17-3/h5-7H,4,9H2,1-3H3. The van der Waals surface area contributed by atoms with Crippen molar-refractivity contribution in [2.45, 2.75) is 11.8 Å². The number of hydrogen-bond acceptors (Lipinski definition) is 5. The summed E-state index contributed by atoms with van der Waals surface area (Å²) in [7, 11) is 3.12. The van der Waals surface area contributed by atoms with Crippen LogP contribution in [0.4, 0.5) is 5.69 Å². The minimum absolute atomic E-state index is 0.130. The molecule has 1 aromatic carbocycles. The fourth-order valence-electron chi connectivity index (χ4n) is 1.57. The van der Waals surface area contributed by atoms with Crippen LogP contribution in [0.1, 0.15) is 12.5 Å². The third kappa shape index (κ3) is 3.41. The number of rotatable bonds is 5. The lowest BCUT2D eigenvalue weighted by molar-refractivity contribution is -0.138. The number of likely N-dealkylation sites (N-methyl/N-ethyl adjacent to an activating group) is 1. The zero-order valence-electron chi connectivity index (χ0n) is 10.8. The number of esters is 1. The van der Waals surface area contributed by atoms with Crippen molar-refractivity contribution < 1.29 is 9.53 Å². The van der Waals surface area contributed by atoms with Crippen LogP contribution < -0.4 is 4.90 Å². The van der Waals surface area contributed by atoms with Gasteiger partial charge in [-0.1, -0.05) is 13.0 Å². The van der Waals surface area contributed by atoms with Gasteiger partial charge in [-0.2, -0.15) is 5.26 Å². The van der Waals surface area contributed by atoms with Crippen molar-refractivity contribution >= 4 is 23.4 Å². The molecule has 1 rings (SSSR count). The molecule has 4 nitrogen and oxygen atoms in total. The maximum Gasteiger partial charge on any atom is 0.325 e. The third-order valence-electron chi connectivity index (χ3n) is 2.42. The van der Waals surface area contributed by atoms with Gasteiger partial charge in [0.1, 0.15) is 12.6 Å². The Hall–Kier alpha value is -1.67. The molecule has 0 aromatic heterocycles. The Balaban J connectivity index is 3.05. The van der Waals surface area contributed by atoms with Crippen LogP contribution in [0.2, 0.25) is 0 Å². The second kappa shape index (κ2) is 6.92. The molecule has 0 saturated heterocycles. The van der Waals surface area contributed by atoms with Crippen molar-refractivity contribution in [3.05, 3.63) is 23.8 Å². The zero-order chi connectivity index (χ0) is 13.5. The minimum atomic E-state index is -0.324. The van der Waals surface area contributed by atoms with Gasteiger partial charge in [-0.05, 0) is 17.9 Å². The number of methoxy groups -OCH3 is 1. The molecule has 0 heterocycles. The second-order valence-electron chi connectivity index (χ2n) is 3.63. The monoisotopic (exact) mass is 264 g/mol. The molecule has 0 aliphatic heterocycles. The number of anilines is 1. The number of ether oxygens (including phenoxy) is 1. The van der Waals surface area contributed by atoms with E-state index >= 15 is 0 Å². The van der Waals surface area contributed by atoms with Crippen molar-refractivity contribution in [3.8, 4) is 6.07 Å². The van der Waals surface area contributed by atoms with E-state index in [-0.39, 0.29) is 12.5 Å². The van der Waals surface area contributed by atoms with Gasteiger partial charge < -0.3 is 9.64 Å². The lowest BCUT2D eigenvalue weighted by atomic mass is 10.2. The number of carbonyl (C=O) groups is 1. The van der Waals surface area contributed by atoms with Gasteiger partial charge >= 0.3 is 5.97 Å². The van der Waals surface area contributed by atoms with Gasteiger partial charge in [0, 0.05) is 11.9 Å². The summed E-state index contributed by atoms with van der Waals surface area (Å²) in [6.07, 6.45) is 0. The highest BCUT2D eigenvalue weighted by Gasteiger charge is 2.14. The van der Waals surface area contributed by atoms with Gasteiger partial charge in [-0.25, -0.2) is 0 Å². The predicted octanol–water partition coefficient (Wildman–Crippen LogP) is 2.28. The molecule has 0 amide bonds. The van der Waals surface area contributed by atoms with E-state index in [4.69, 9.17) is 0 Å². The van der Waals surface area contributed by atoms with Crippen LogP contribution >= 0.6 is 11.8 Å². The lowest BCUT2D eigenvalue weighted by Gasteiger charge is -2.20. The minimum Gasteiger partial charge on any atom is -0.468 e. The van der Waals surface area contributed by atoms with Crippen LogP contribution in [0.5, 0.6) is 0 Å². The number of nitrogens with zero attached hydrogens (tertiary/aromatic N) is 2. The summed E-state index contributed by atoms with van der Waals surface area (Å²) in [5.74, 6) is 0.578. The highest BCUT2D eigenvalue weighted by Crippen LogP contribution is 2.29. The molecule has 0 aliphatic carbocycles. The summed E-state index contributed by atoms with van der Waals surface area (Å²) >= 11 is 1.62. The Labute approximate surface area is 112 Å². The van der Waals surface area contributed by atoms with Gasteiger partial charge in [0.15, 0.2) is 0 Å². The molecule has 0 N–H and O–H groups in total. The molecule has 5 heteroatoms. The summed E-state index contributed by atoms with van der Waals surface area (Å²) in [6.45, 7) is 2.17. The number of thioether (sulfide) groups is 1. The van der Waals surface area contributed by atoms with E-state index in [9.17, 15) is 10.1 Å². The quantitative estimate of drug-likeness (QED) is 0.603. The number of benzene rings is 1. The first-order valence-corrected chi connectivity index (χ1v) is 6.56. The molecule has 0 radical (unpaired) electrons. The fourth-order valence-corrected chi connectivity index (χ4v) is 2.35. The first-order valence-electron chi connectivity index (χ1n) is 5.57. The van der Waals surface area contributed by atoms with Crippen LogP contribution in [0, 0.1) is 11.3 Å². The van der Waals surface area contributed by atoms with Gasteiger partial charge in [0.2, 0.25) is 0 Å². The van der Waals surface area contributed by atoms with E-state index in [1.54, 1.807) is 23.7 Å². The van der Waals surface area contributed by atoms with Crippen LogP contribution in [0.15, 0.2) is 23.1 Å². The van der Waals surface area contributed by atoms with Crippen molar-refractivity contribution in [2.24, 2.45) is 0 Å².